The molecule has 0 aromatic heterocycles. The Hall–Kier alpha value is 0.170. The van der Waals surface area contributed by atoms with Gasteiger partial charge in [-0.25, -0.2) is 0 Å². The molecule has 0 amide bonds. The second-order valence-corrected chi connectivity index (χ2v) is 6.16. The van der Waals surface area contributed by atoms with Crippen LogP contribution in [0.2, 0.25) is 0 Å². The molecule has 2 atom stereocenters. The number of morpholine rings is 1. The molecule has 0 N–H and O–H groups in total. The summed E-state index contributed by atoms with van der Waals surface area (Å²) in [5.74, 6) is 0. The minimum Gasteiger partial charge on any atom is -0.374 e. The van der Waals surface area contributed by atoms with Crippen LogP contribution in [-0.2, 0) is 4.74 Å². The summed E-state index contributed by atoms with van der Waals surface area (Å²) in [5, 5.41) is 0.261. The van der Waals surface area contributed by atoms with E-state index in [0.717, 1.165) is 39.2 Å². The number of likely N-dealkylation sites (N-methyl/N-ethyl adjacent to an activating group) is 1. The topological polar surface area (TPSA) is 15.7 Å². The highest BCUT2D eigenvalue weighted by Gasteiger charge is 2.23. The van der Waals surface area contributed by atoms with E-state index >= 15 is 0 Å². The molecule has 17 heavy (non-hydrogen) atoms. The Kier molecular flexibility index (Phi) is 6.78. The summed E-state index contributed by atoms with van der Waals surface area (Å²) in [7, 11) is 2.15. The van der Waals surface area contributed by atoms with Gasteiger partial charge in [-0.3, -0.25) is 4.90 Å². The third-order valence-electron chi connectivity index (χ3n) is 3.32. The lowest BCUT2D eigenvalue weighted by molar-refractivity contribution is -0.0495. The molecule has 1 aliphatic rings. The highest BCUT2D eigenvalue weighted by molar-refractivity contribution is 6.20. The molecule has 1 saturated heterocycles. The first-order chi connectivity index (χ1) is 7.99. The molecule has 0 aliphatic carbocycles. The number of nitrogens with zero attached hydrogens (tertiary/aromatic N) is 2. The van der Waals surface area contributed by atoms with Gasteiger partial charge in [-0.2, -0.15) is 0 Å². The van der Waals surface area contributed by atoms with Crippen LogP contribution < -0.4 is 0 Å². The fourth-order valence-corrected chi connectivity index (χ4v) is 2.26. The highest BCUT2D eigenvalue weighted by Crippen LogP contribution is 2.10. The highest BCUT2D eigenvalue weighted by atomic mass is 35.5. The summed E-state index contributed by atoms with van der Waals surface area (Å²) in [5.41, 5.74) is 0. The van der Waals surface area contributed by atoms with Crippen LogP contribution in [0.4, 0.5) is 0 Å². The first-order valence-corrected chi connectivity index (χ1v) is 7.11. The lowest BCUT2D eigenvalue weighted by Gasteiger charge is -2.37. The van der Waals surface area contributed by atoms with Crippen LogP contribution in [0.1, 0.15) is 27.2 Å². The maximum absolute atomic E-state index is 5.96. The van der Waals surface area contributed by atoms with E-state index in [1.54, 1.807) is 0 Å². The van der Waals surface area contributed by atoms with E-state index in [1.807, 2.05) is 6.92 Å². The van der Waals surface area contributed by atoms with E-state index in [9.17, 15) is 0 Å². The number of rotatable bonds is 6. The predicted molar refractivity (Wildman–Crippen MR) is 73.9 cm³/mol. The molecule has 0 aromatic rings. The lowest BCUT2D eigenvalue weighted by Crippen LogP contribution is -2.49. The van der Waals surface area contributed by atoms with Crippen LogP contribution in [0, 0.1) is 0 Å². The third kappa shape index (κ3) is 6.05. The van der Waals surface area contributed by atoms with Gasteiger partial charge in [-0.15, -0.1) is 11.6 Å². The summed E-state index contributed by atoms with van der Waals surface area (Å²) >= 11 is 5.96. The fraction of sp³-hybridized carbons (Fsp3) is 1.00. The largest absolute Gasteiger partial charge is 0.374 e. The minimum absolute atomic E-state index is 0.261. The van der Waals surface area contributed by atoms with E-state index in [-0.39, 0.29) is 5.38 Å². The van der Waals surface area contributed by atoms with Crippen LogP contribution in [0.15, 0.2) is 0 Å². The Labute approximate surface area is 111 Å². The Bertz CT molecular complexity index is 212. The molecule has 3 nitrogen and oxygen atoms in total. The van der Waals surface area contributed by atoms with E-state index in [0.29, 0.717) is 12.1 Å². The molecule has 1 aliphatic heterocycles. The monoisotopic (exact) mass is 262 g/mol. The van der Waals surface area contributed by atoms with Crippen molar-refractivity contribution >= 4 is 11.6 Å². The van der Waals surface area contributed by atoms with E-state index < -0.39 is 0 Å². The Morgan fingerprint density at radius 2 is 2.12 bits per heavy atom. The molecule has 2 unspecified atom stereocenters. The summed E-state index contributed by atoms with van der Waals surface area (Å²) in [6, 6.07) is 0.620. The predicted octanol–water partition coefficient (Wildman–Crippen LogP) is 2.04. The van der Waals surface area contributed by atoms with Gasteiger partial charge in [0.05, 0.1) is 12.7 Å². The quantitative estimate of drug-likeness (QED) is 0.682. The molecular formula is C13H27ClN2O. The van der Waals surface area contributed by atoms with Crippen LogP contribution in [0.3, 0.4) is 0 Å². The van der Waals surface area contributed by atoms with Gasteiger partial charge in [0, 0.05) is 31.1 Å². The third-order valence-corrected chi connectivity index (χ3v) is 3.54. The second kappa shape index (κ2) is 7.57. The van der Waals surface area contributed by atoms with Gasteiger partial charge < -0.3 is 9.64 Å². The van der Waals surface area contributed by atoms with E-state index in [1.165, 1.54) is 0 Å². The molecule has 0 saturated carbocycles. The van der Waals surface area contributed by atoms with Gasteiger partial charge in [0.15, 0.2) is 0 Å². The first kappa shape index (κ1) is 15.2. The Balaban J connectivity index is 2.25. The minimum atomic E-state index is 0.261. The van der Waals surface area contributed by atoms with Crippen molar-refractivity contribution in [2.24, 2.45) is 0 Å². The molecule has 1 heterocycles. The number of hydrogen-bond donors (Lipinski definition) is 0. The average molecular weight is 263 g/mol. The van der Waals surface area contributed by atoms with Crippen molar-refractivity contribution in [1.29, 1.82) is 0 Å². The molecule has 0 spiro atoms. The normalized spacial score (nSPS) is 24.5. The smallest absolute Gasteiger partial charge is 0.0829 e. The van der Waals surface area contributed by atoms with Crippen LogP contribution >= 0.6 is 11.6 Å². The van der Waals surface area contributed by atoms with Gasteiger partial charge in [0.25, 0.3) is 0 Å². The van der Waals surface area contributed by atoms with Gasteiger partial charge in [-0.1, -0.05) is 0 Å². The molecule has 0 bridgehead atoms. The van der Waals surface area contributed by atoms with Crippen LogP contribution in [-0.4, -0.2) is 67.2 Å². The fourth-order valence-electron chi connectivity index (χ4n) is 2.16. The van der Waals surface area contributed by atoms with Crippen molar-refractivity contribution in [2.45, 2.75) is 44.7 Å². The van der Waals surface area contributed by atoms with Crippen molar-refractivity contribution in [3.05, 3.63) is 0 Å². The number of ether oxygens (including phenoxy) is 1. The summed E-state index contributed by atoms with van der Waals surface area (Å²) in [6.07, 6.45) is 1.39. The Morgan fingerprint density at radius 3 is 2.71 bits per heavy atom. The molecule has 0 aromatic carbocycles. The van der Waals surface area contributed by atoms with Crippen molar-refractivity contribution in [3.8, 4) is 0 Å². The zero-order chi connectivity index (χ0) is 12.8. The van der Waals surface area contributed by atoms with Crippen LogP contribution in [0.5, 0.6) is 0 Å². The Morgan fingerprint density at radius 1 is 1.41 bits per heavy atom. The number of hydrogen-bond acceptors (Lipinski definition) is 3. The van der Waals surface area contributed by atoms with Gasteiger partial charge in [0.2, 0.25) is 0 Å². The first-order valence-electron chi connectivity index (χ1n) is 6.67. The molecule has 4 heteroatoms. The maximum atomic E-state index is 5.96. The lowest BCUT2D eigenvalue weighted by atomic mass is 10.2. The van der Waals surface area contributed by atoms with Crippen molar-refractivity contribution in [1.82, 2.24) is 9.80 Å². The number of alkyl halides is 1. The number of halogens is 1. The molecule has 1 fully saturated rings. The van der Waals surface area contributed by atoms with Gasteiger partial charge >= 0.3 is 0 Å². The zero-order valence-corrected chi connectivity index (χ0v) is 12.4. The zero-order valence-electron chi connectivity index (χ0n) is 11.7. The summed E-state index contributed by atoms with van der Waals surface area (Å²) in [4.78, 5) is 4.82. The summed E-state index contributed by atoms with van der Waals surface area (Å²) in [6.45, 7) is 11.6. The van der Waals surface area contributed by atoms with Crippen molar-refractivity contribution < 1.29 is 4.74 Å². The molecule has 1 rings (SSSR count). The average Bonchev–Trinajstić information content (AvgIpc) is 2.26. The van der Waals surface area contributed by atoms with Crippen molar-refractivity contribution in [3.63, 3.8) is 0 Å². The van der Waals surface area contributed by atoms with Crippen LogP contribution in [0.25, 0.3) is 0 Å². The van der Waals surface area contributed by atoms with Crippen molar-refractivity contribution in [2.75, 3.05) is 39.8 Å². The molecular weight excluding hydrogens is 236 g/mol. The standard InChI is InChI=1S/C13H27ClN2O/c1-11(2)16-7-8-17-13(10-16)9-15(4)6-5-12(3)14/h11-13H,5-10H2,1-4H3. The van der Waals surface area contributed by atoms with E-state index in [2.05, 4.69) is 30.7 Å². The summed E-state index contributed by atoms with van der Waals surface area (Å²) < 4.78 is 5.82. The molecule has 0 radical (unpaired) electrons. The van der Waals surface area contributed by atoms with Gasteiger partial charge in [0.1, 0.15) is 0 Å². The van der Waals surface area contributed by atoms with E-state index in [4.69, 9.17) is 16.3 Å². The SMILES string of the molecule is CC(Cl)CCN(C)CC1CN(C(C)C)CCO1. The van der Waals surface area contributed by atoms with Gasteiger partial charge in [-0.05, 0) is 40.8 Å². The second-order valence-electron chi connectivity index (χ2n) is 5.41. The maximum Gasteiger partial charge on any atom is 0.0829 e. The molecule has 102 valence electrons.